The van der Waals surface area contributed by atoms with Gasteiger partial charge in [0.15, 0.2) is 0 Å². The molecular weight excluding hydrogens is 376 g/mol. The summed E-state index contributed by atoms with van der Waals surface area (Å²) in [6, 6.07) is 17.4. The van der Waals surface area contributed by atoms with Crippen molar-refractivity contribution in [2.75, 3.05) is 31.5 Å². The molecule has 1 aromatic heterocycles. The van der Waals surface area contributed by atoms with Gasteiger partial charge in [0.2, 0.25) is 5.91 Å². The third-order valence-electron chi connectivity index (χ3n) is 5.22. The number of anilines is 1. The fourth-order valence-electron chi connectivity index (χ4n) is 3.58. The molecule has 0 atom stereocenters. The Morgan fingerprint density at radius 3 is 2.50 bits per heavy atom. The van der Waals surface area contributed by atoms with E-state index >= 15 is 0 Å². The molecular formula is C24H24N4O2. The van der Waals surface area contributed by atoms with Gasteiger partial charge in [0.05, 0.1) is 5.52 Å². The van der Waals surface area contributed by atoms with E-state index < -0.39 is 0 Å². The van der Waals surface area contributed by atoms with Crippen LogP contribution in [0.4, 0.5) is 10.5 Å². The summed E-state index contributed by atoms with van der Waals surface area (Å²) < 4.78 is 0. The molecule has 1 aliphatic rings. The number of carbonyl (C=O) groups excluding carboxylic acids is 2. The van der Waals surface area contributed by atoms with Crippen LogP contribution in [0.25, 0.3) is 17.0 Å². The molecule has 1 N–H and O–H groups in total. The topological polar surface area (TPSA) is 65.5 Å². The largest absolute Gasteiger partial charge is 0.336 e. The smallest absolute Gasteiger partial charge is 0.321 e. The number of carbonyl (C=O) groups is 2. The van der Waals surface area contributed by atoms with E-state index in [0.29, 0.717) is 26.2 Å². The van der Waals surface area contributed by atoms with E-state index in [0.717, 1.165) is 27.7 Å². The lowest BCUT2D eigenvalue weighted by Crippen LogP contribution is -2.51. The monoisotopic (exact) mass is 400 g/mol. The Morgan fingerprint density at radius 1 is 0.967 bits per heavy atom. The van der Waals surface area contributed by atoms with Crippen LogP contribution < -0.4 is 5.32 Å². The van der Waals surface area contributed by atoms with Crippen LogP contribution in [0.15, 0.2) is 66.9 Å². The zero-order valence-corrected chi connectivity index (χ0v) is 16.9. The highest BCUT2D eigenvalue weighted by Gasteiger charge is 2.23. The van der Waals surface area contributed by atoms with E-state index in [1.54, 1.807) is 22.1 Å². The second-order valence-corrected chi connectivity index (χ2v) is 7.37. The fourth-order valence-corrected chi connectivity index (χ4v) is 3.58. The van der Waals surface area contributed by atoms with Gasteiger partial charge in [-0.05, 0) is 36.8 Å². The normalized spacial score (nSPS) is 14.3. The Kier molecular flexibility index (Phi) is 5.75. The maximum Gasteiger partial charge on any atom is 0.321 e. The second-order valence-electron chi connectivity index (χ2n) is 7.37. The number of nitrogens with one attached hydrogen (secondary N) is 1. The van der Waals surface area contributed by atoms with Crippen molar-refractivity contribution in [3.63, 3.8) is 0 Å². The molecule has 6 nitrogen and oxygen atoms in total. The maximum absolute atomic E-state index is 12.6. The third-order valence-corrected chi connectivity index (χ3v) is 5.22. The van der Waals surface area contributed by atoms with Gasteiger partial charge in [0.25, 0.3) is 0 Å². The zero-order chi connectivity index (χ0) is 20.9. The number of nitrogens with zero attached hydrogens (tertiary/aromatic N) is 3. The number of fused-ring (bicyclic) bond motifs is 1. The van der Waals surface area contributed by atoms with Gasteiger partial charge in [-0.3, -0.25) is 9.78 Å². The molecule has 0 spiro atoms. The first-order valence-corrected chi connectivity index (χ1v) is 10.0. The minimum Gasteiger partial charge on any atom is -0.336 e. The SMILES string of the molecule is Cc1cccc(NC(=O)N2CCN(C(=O)/C=C/c3cccc4cccnc34)CC2)c1. The molecule has 30 heavy (non-hydrogen) atoms. The van der Waals surface area contributed by atoms with Gasteiger partial charge in [0.1, 0.15) is 0 Å². The number of para-hydroxylation sites is 1. The number of urea groups is 1. The van der Waals surface area contributed by atoms with E-state index in [1.807, 2.05) is 67.6 Å². The van der Waals surface area contributed by atoms with Crippen LogP contribution in [-0.2, 0) is 4.79 Å². The Balaban J connectivity index is 1.34. The van der Waals surface area contributed by atoms with Crippen molar-refractivity contribution >= 4 is 34.6 Å². The van der Waals surface area contributed by atoms with Crippen LogP contribution in [0.2, 0.25) is 0 Å². The number of hydrogen-bond acceptors (Lipinski definition) is 3. The van der Waals surface area contributed by atoms with Crippen LogP contribution in [0.3, 0.4) is 0 Å². The Bertz CT molecular complexity index is 1100. The van der Waals surface area contributed by atoms with Gasteiger partial charge in [-0.15, -0.1) is 0 Å². The number of piperazine rings is 1. The molecule has 0 unspecified atom stereocenters. The second kappa shape index (κ2) is 8.78. The molecule has 0 radical (unpaired) electrons. The van der Waals surface area contributed by atoms with Gasteiger partial charge in [-0.1, -0.05) is 36.4 Å². The van der Waals surface area contributed by atoms with Gasteiger partial charge < -0.3 is 15.1 Å². The lowest BCUT2D eigenvalue weighted by molar-refractivity contribution is -0.127. The van der Waals surface area contributed by atoms with Crippen molar-refractivity contribution in [3.05, 3.63) is 78.0 Å². The number of benzene rings is 2. The van der Waals surface area contributed by atoms with Crippen molar-refractivity contribution in [1.82, 2.24) is 14.8 Å². The highest BCUT2D eigenvalue weighted by Crippen LogP contribution is 2.17. The highest BCUT2D eigenvalue weighted by atomic mass is 16.2. The summed E-state index contributed by atoms with van der Waals surface area (Å²) in [5.41, 5.74) is 3.67. The molecule has 0 bridgehead atoms. The van der Waals surface area contributed by atoms with Crippen LogP contribution in [0, 0.1) is 6.92 Å². The molecule has 6 heteroatoms. The highest BCUT2D eigenvalue weighted by molar-refractivity contribution is 5.95. The Morgan fingerprint density at radius 2 is 1.70 bits per heavy atom. The number of aryl methyl sites for hydroxylation is 1. The Labute approximate surface area is 175 Å². The van der Waals surface area contributed by atoms with Crippen LogP contribution in [-0.4, -0.2) is 52.9 Å². The number of hydrogen-bond donors (Lipinski definition) is 1. The van der Waals surface area contributed by atoms with Crippen LogP contribution in [0.5, 0.6) is 0 Å². The lowest BCUT2D eigenvalue weighted by Gasteiger charge is -2.34. The number of amides is 3. The summed E-state index contributed by atoms with van der Waals surface area (Å²) >= 11 is 0. The molecule has 0 saturated carbocycles. The summed E-state index contributed by atoms with van der Waals surface area (Å²) in [6.07, 6.45) is 5.16. The van der Waals surface area contributed by atoms with Gasteiger partial charge >= 0.3 is 6.03 Å². The average Bonchev–Trinajstić information content (AvgIpc) is 2.77. The number of pyridine rings is 1. The van der Waals surface area contributed by atoms with Crippen molar-refractivity contribution < 1.29 is 9.59 Å². The standard InChI is InChI=1S/C24H24N4O2/c1-18-5-2-9-21(17-18)26-24(30)28-15-13-27(14-16-28)22(29)11-10-20-7-3-6-19-8-4-12-25-23(19)20/h2-12,17H,13-16H2,1H3,(H,26,30)/b11-10+. The quantitative estimate of drug-likeness (QED) is 0.678. The fraction of sp³-hybridized carbons (Fsp3) is 0.208. The van der Waals surface area contributed by atoms with E-state index in [1.165, 1.54) is 0 Å². The van der Waals surface area contributed by atoms with Crippen molar-refractivity contribution in [2.24, 2.45) is 0 Å². The summed E-state index contributed by atoms with van der Waals surface area (Å²) in [6.45, 7) is 4.03. The minimum absolute atomic E-state index is 0.0540. The van der Waals surface area contributed by atoms with Gasteiger partial charge in [-0.25, -0.2) is 4.79 Å². The van der Waals surface area contributed by atoms with Gasteiger partial charge in [-0.2, -0.15) is 0 Å². The predicted molar refractivity (Wildman–Crippen MR) is 119 cm³/mol. The first kappa shape index (κ1) is 19.6. The molecule has 3 amide bonds. The minimum atomic E-state index is -0.134. The van der Waals surface area contributed by atoms with E-state index in [-0.39, 0.29) is 11.9 Å². The molecule has 1 saturated heterocycles. The molecule has 152 valence electrons. The zero-order valence-electron chi connectivity index (χ0n) is 16.9. The molecule has 1 aliphatic heterocycles. The van der Waals surface area contributed by atoms with Crippen molar-refractivity contribution in [2.45, 2.75) is 6.92 Å². The number of aromatic nitrogens is 1. The van der Waals surface area contributed by atoms with Crippen molar-refractivity contribution in [1.29, 1.82) is 0 Å². The summed E-state index contributed by atoms with van der Waals surface area (Å²) in [4.78, 5) is 33.0. The number of rotatable bonds is 3. The first-order chi connectivity index (χ1) is 14.6. The van der Waals surface area contributed by atoms with E-state index in [9.17, 15) is 9.59 Å². The van der Waals surface area contributed by atoms with Crippen molar-refractivity contribution in [3.8, 4) is 0 Å². The summed E-state index contributed by atoms with van der Waals surface area (Å²) in [7, 11) is 0. The summed E-state index contributed by atoms with van der Waals surface area (Å²) in [5.74, 6) is -0.0540. The molecule has 1 fully saturated rings. The summed E-state index contributed by atoms with van der Waals surface area (Å²) in [5, 5.41) is 3.96. The molecule has 2 aromatic carbocycles. The average molecular weight is 400 g/mol. The first-order valence-electron chi connectivity index (χ1n) is 10.0. The van der Waals surface area contributed by atoms with Gasteiger partial charge in [0, 0.05) is 55.1 Å². The van der Waals surface area contributed by atoms with E-state index in [2.05, 4.69) is 10.3 Å². The van der Waals surface area contributed by atoms with E-state index in [4.69, 9.17) is 0 Å². The molecule has 2 heterocycles. The third kappa shape index (κ3) is 4.49. The predicted octanol–water partition coefficient (Wildman–Crippen LogP) is 3.93. The van der Waals surface area contributed by atoms with Crippen LogP contribution >= 0.6 is 0 Å². The Hall–Kier alpha value is -3.67. The molecule has 0 aliphatic carbocycles. The lowest BCUT2D eigenvalue weighted by atomic mass is 10.1. The maximum atomic E-state index is 12.6. The molecule has 3 aromatic rings. The molecule has 4 rings (SSSR count). The van der Waals surface area contributed by atoms with Crippen LogP contribution in [0.1, 0.15) is 11.1 Å².